The Hall–Kier alpha value is -4.86. The van der Waals surface area contributed by atoms with Gasteiger partial charge in [0.2, 0.25) is 11.8 Å². The standard InChI is InChI=1S/C43H52N4O6/c1-43(2,3)53-42(51)46-38(28-15-5-4-6-16-28)40(49)47-25-29(24-37(47)39(48)45-36-23-13-17-27-14-7-8-18-30(27)36)44-41(50)52-26-35-33-21-11-9-19-31(33)32-20-10-12-22-34(32)35/h7-12,14,18-22,28-29,35-38H,4-6,13,15-17,23-26H2,1-3H3,(H,44,50)(H,45,48)(H,46,51)/t29-,36+,37-,38-/m0/s1. The van der Waals surface area contributed by atoms with Crippen molar-refractivity contribution >= 4 is 24.0 Å². The number of likely N-dealkylation sites (tertiary alicyclic amines) is 1. The Morgan fingerprint density at radius 2 is 1.42 bits per heavy atom. The summed E-state index contributed by atoms with van der Waals surface area (Å²) >= 11 is 0. The second-order valence-corrected chi connectivity index (χ2v) is 16.1. The van der Waals surface area contributed by atoms with E-state index in [0.717, 1.165) is 79.2 Å². The first-order valence-electron chi connectivity index (χ1n) is 19.4. The molecule has 0 spiro atoms. The van der Waals surface area contributed by atoms with E-state index >= 15 is 0 Å². The lowest BCUT2D eigenvalue weighted by Crippen LogP contribution is -2.57. The van der Waals surface area contributed by atoms with Gasteiger partial charge in [-0.3, -0.25) is 9.59 Å². The molecule has 4 aliphatic rings. The molecule has 1 saturated heterocycles. The summed E-state index contributed by atoms with van der Waals surface area (Å²) in [6, 6.07) is 22.1. The van der Waals surface area contributed by atoms with Gasteiger partial charge in [-0.15, -0.1) is 0 Å². The van der Waals surface area contributed by atoms with Crippen LogP contribution in [0.5, 0.6) is 0 Å². The number of amides is 4. The van der Waals surface area contributed by atoms with Gasteiger partial charge in [-0.1, -0.05) is 92.1 Å². The molecule has 0 bridgehead atoms. The van der Waals surface area contributed by atoms with Crippen LogP contribution in [0.25, 0.3) is 11.1 Å². The molecule has 1 aliphatic heterocycles. The molecule has 3 aromatic rings. The minimum absolute atomic E-state index is 0.0909. The smallest absolute Gasteiger partial charge is 0.408 e. The van der Waals surface area contributed by atoms with Gasteiger partial charge in [-0.2, -0.15) is 0 Å². The maximum atomic E-state index is 14.6. The molecule has 2 fully saturated rings. The Morgan fingerprint density at radius 3 is 2.09 bits per heavy atom. The molecular weight excluding hydrogens is 668 g/mol. The molecule has 0 aromatic heterocycles. The van der Waals surface area contributed by atoms with E-state index in [0.29, 0.717) is 0 Å². The summed E-state index contributed by atoms with van der Waals surface area (Å²) in [6.45, 7) is 5.63. The SMILES string of the molecule is CC(C)(C)OC(=O)N[C@H](C(=O)N1C[C@@H](NC(=O)OCC2c3ccccc3-c3ccccc32)C[C@H]1C(=O)N[C@@H]1CCCc2ccccc21)C1CCCCC1. The second-order valence-electron chi connectivity index (χ2n) is 16.1. The molecule has 3 N–H and O–H groups in total. The van der Waals surface area contributed by atoms with Crippen LogP contribution in [0.1, 0.15) is 106 Å². The summed E-state index contributed by atoms with van der Waals surface area (Å²) in [5.74, 6) is -0.783. The summed E-state index contributed by atoms with van der Waals surface area (Å²) in [5, 5.41) is 9.14. The molecular formula is C43H52N4O6. The summed E-state index contributed by atoms with van der Waals surface area (Å²) < 4.78 is 11.5. The van der Waals surface area contributed by atoms with Crippen LogP contribution in [0.4, 0.5) is 9.59 Å². The van der Waals surface area contributed by atoms with Crippen LogP contribution >= 0.6 is 0 Å². The number of aryl methyl sites for hydroxylation is 1. The van der Waals surface area contributed by atoms with Crippen molar-refractivity contribution in [1.29, 1.82) is 0 Å². The number of rotatable bonds is 8. The van der Waals surface area contributed by atoms with Crippen LogP contribution in [-0.2, 0) is 25.5 Å². The Bertz CT molecular complexity index is 1790. The largest absolute Gasteiger partial charge is 0.449 e. The van der Waals surface area contributed by atoms with Gasteiger partial charge in [-0.25, -0.2) is 9.59 Å². The first-order valence-corrected chi connectivity index (χ1v) is 19.4. The van der Waals surface area contributed by atoms with Crippen LogP contribution in [0, 0.1) is 5.92 Å². The van der Waals surface area contributed by atoms with E-state index in [1.165, 1.54) is 5.56 Å². The van der Waals surface area contributed by atoms with Crippen molar-refractivity contribution in [2.75, 3.05) is 13.2 Å². The zero-order valence-electron chi connectivity index (χ0n) is 31.1. The third kappa shape index (κ3) is 8.21. The number of carbonyl (C=O) groups is 4. The Kier molecular flexibility index (Phi) is 10.8. The number of nitrogens with zero attached hydrogens (tertiary/aromatic N) is 1. The number of hydrogen-bond donors (Lipinski definition) is 3. The van der Waals surface area contributed by atoms with Crippen LogP contribution in [0.2, 0.25) is 0 Å². The number of carbonyl (C=O) groups excluding carboxylic acids is 4. The monoisotopic (exact) mass is 720 g/mol. The van der Waals surface area contributed by atoms with Crippen molar-refractivity contribution in [3.63, 3.8) is 0 Å². The zero-order chi connectivity index (χ0) is 37.1. The first-order chi connectivity index (χ1) is 25.6. The van der Waals surface area contributed by atoms with Crippen LogP contribution in [-0.4, -0.2) is 65.8 Å². The van der Waals surface area contributed by atoms with Gasteiger partial charge < -0.3 is 30.3 Å². The van der Waals surface area contributed by atoms with Gasteiger partial charge in [0, 0.05) is 12.5 Å². The molecule has 1 saturated carbocycles. The second kappa shape index (κ2) is 15.6. The lowest BCUT2D eigenvalue weighted by atomic mass is 9.83. The molecule has 7 rings (SSSR count). The highest BCUT2D eigenvalue weighted by Crippen LogP contribution is 2.44. The minimum atomic E-state index is -0.857. The van der Waals surface area contributed by atoms with Crippen molar-refractivity contribution in [2.45, 2.75) is 114 Å². The van der Waals surface area contributed by atoms with E-state index in [-0.39, 0.29) is 49.3 Å². The van der Waals surface area contributed by atoms with E-state index in [1.54, 1.807) is 25.7 Å². The van der Waals surface area contributed by atoms with Gasteiger partial charge in [-0.05, 0) is 98.6 Å². The van der Waals surface area contributed by atoms with Gasteiger partial charge in [0.05, 0.1) is 12.1 Å². The average molecular weight is 721 g/mol. The third-order valence-electron chi connectivity index (χ3n) is 11.3. The lowest BCUT2D eigenvalue weighted by molar-refractivity contribution is -0.141. The highest BCUT2D eigenvalue weighted by atomic mass is 16.6. The fraction of sp³-hybridized carbons (Fsp3) is 0.488. The average Bonchev–Trinajstić information content (AvgIpc) is 3.72. The fourth-order valence-electron chi connectivity index (χ4n) is 8.87. The highest BCUT2D eigenvalue weighted by molar-refractivity contribution is 5.92. The molecule has 4 amide bonds. The van der Waals surface area contributed by atoms with Crippen molar-refractivity contribution < 1.29 is 28.7 Å². The van der Waals surface area contributed by atoms with E-state index in [1.807, 2.05) is 36.4 Å². The summed E-state index contributed by atoms with van der Waals surface area (Å²) in [4.78, 5) is 57.0. The molecule has 0 radical (unpaired) electrons. The number of benzene rings is 3. The maximum absolute atomic E-state index is 14.6. The van der Waals surface area contributed by atoms with Gasteiger partial charge in [0.15, 0.2) is 0 Å². The molecule has 53 heavy (non-hydrogen) atoms. The summed E-state index contributed by atoms with van der Waals surface area (Å²) in [7, 11) is 0. The van der Waals surface area contributed by atoms with Gasteiger partial charge in [0.1, 0.15) is 24.3 Å². The zero-order valence-corrected chi connectivity index (χ0v) is 31.1. The van der Waals surface area contributed by atoms with Crippen molar-refractivity contribution in [2.24, 2.45) is 5.92 Å². The van der Waals surface area contributed by atoms with Crippen LogP contribution in [0.3, 0.4) is 0 Å². The molecule has 3 aliphatic carbocycles. The third-order valence-corrected chi connectivity index (χ3v) is 11.3. The van der Waals surface area contributed by atoms with E-state index in [2.05, 4.69) is 52.3 Å². The van der Waals surface area contributed by atoms with Gasteiger partial charge in [0.25, 0.3) is 0 Å². The van der Waals surface area contributed by atoms with Gasteiger partial charge >= 0.3 is 12.2 Å². The lowest BCUT2D eigenvalue weighted by Gasteiger charge is -2.35. The summed E-state index contributed by atoms with van der Waals surface area (Å²) in [6.07, 6.45) is 6.25. The number of ether oxygens (including phenoxy) is 2. The number of hydrogen-bond acceptors (Lipinski definition) is 6. The fourth-order valence-corrected chi connectivity index (χ4v) is 8.87. The normalized spacial score (nSPS) is 21.8. The Morgan fingerprint density at radius 1 is 0.774 bits per heavy atom. The number of alkyl carbamates (subject to hydrolysis) is 2. The van der Waals surface area contributed by atoms with E-state index < -0.39 is 35.9 Å². The van der Waals surface area contributed by atoms with E-state index in [4.69, 9.17) is 9.47 Å². The van der Waals surface area contributed by atoms with Crippen molar-refractivity contribution in [1.82, 2.24) is 20.9 Å². The van der Waals surface area contributed by atoms with Crippen molar-refractivity contribution in [3.05, 3.63) is 95.1 Å². The van der Waals surface area contributed by atoms with E-state index in [9.17, 15) is 19.2 Å². The first kappa shape index (κ1) is 36.5. The molecule has 1 heterocycles. The highest BCUT2D eigenvalue weighted by Gasteiger charge is 2.45. The predicted molar refractivity (Wildman–Crippen MR) is 202 cm³/mol. The number of fused-ring (bicyclic) bond motifs is 4. The topological polar surface area (TPSA) is 126 Å². The molecule has 10 nitrogen and oxygen atoms in total. The minimum Gasteiger partial charge on any atom is -0.449 e. The molecule has 10 heteroatoms. The summed E-state index contributed by atoms with van der Waals surface area (Å²) in [5.41, 5.74) is 6.10. The maximum Gasteiger partial charge on any atom is 0.408 e. The Balaban J connectivity index is 1.09. The number of nitrogens with one attached hydrogen (secondary N) is 3. The molecule has 4 atom stereocenters. The Labute approximate surface area is 312 Å². The van der Waals surface area contributed by atoms with Crippen LogP contribution < -0.4 is 16.0 Å². The van der Waals surface area contributed by atoms with Crippen LogP contribution in [0.15, 0.2) is 72.8 Å². The molecule has 3 aromatic carbocycles. The predicted octanol–water partition coefficient (Wildman–Crippen LogP) is 7.16. The van der Waals surface area contributed by atoms with Crippen molar-refractivity contribution in [3.8, 4) is 11.1 Å². The quantitative estimate of drug-likeness (QED) is 0.227. The molecule has 0 unspecified atom stereocenters. The molecule has 280 valence electrons.